The maximum absolute atomic E-state index is 13.4. The summed E-state index contributed by atoms with van der Waals surface area (Å²) < 4.78 is 4.92. The Balaban J connectivity index is 2.10. The van der Waals surface area contributed by atoms with Gasteiger partial charge in [0.15, 0.2) is 0 Å². The lowest BCUT2D eigenvalue weighted by molar-refractivity contribution is -0.156. The Morgan fingerprint density at radius 3 is 2.47 bits per heavy atom. The number of methoxy groups -OCH3 is 1. The Hall–Kier alpha value is -2.16. The molecule has 170 valence electrons. The number of nitrogens with zero attached hydrogens (tertiary/aromatic N) is 3. The van der Waals surface area contributed by atoms with Gasteiger partial charge < -0.3 is 19.9 Å². The first kappa shape index (κ1) is 24.1. The zero-order valence-corrected chi connectivity index (χ0v) is 18.6. The molecule has 3 amide bonds. The van der Waals surface area contributed by atoms with Crippen LogP contribution < -0.4 is 5.32 Å². The van der Waals surface area contributed by atoms with E-state index in [4.69, 9.17) is 4.74 Å². The SMILES string of the molecule is COC(=O)C1CCCCN1C(=O)[C@@H]1CCCN1C[C@H](C(C)C)N(C)C(=O)CNC=O. The molecular formula is C21H36N4O5. The molecule has 0 aliphatic carbocycles. The molecule has 0 radical (unpaired) electrons. The van der Waals surface area contributed by atoms with Crippen LogP contribution in [0.2, 0.25) is 0 Å². The van der Waals surface area contributed by atoms with Crippen molar-refractivity contribution in [2.45, 2.75) is 64.1 Å². The number of esters is 1. The maximum atomic E-state index is 13.4. The first-order valence-electron chi connectivity index (χ1n) is 10.9. The molecule has 2 fully saturated rings. The number of hydrogen-bond donors (Lipinski definition) is 1. The smallest absolute Gasteiger partial charge is 0.328 e. The summed E-state index contributed by atoms with van der Waals surface area (Å²) in [6, 6.07) is -0.872. The van der Waals surface area contributed by atoms with E-state index in [0.29, 0.717) is 25.9 Å². The highest BCUT2D eigenvalue weighted by Crippen LogP contribution is 2.26. The summed E-state index contributed by atoms with van der Waals surface area (Å²) in [6.45, 7) is 5.99. The molecule has 9 heteroatoms. The highest BCUT2D eigenvalue weighted by molar-refractivity contribution is 5.88. The summed E-state index contributed by atoms with van der Waals surface area (Å²) in [5, 5.41) is 2.42. The molecule has 0 aromatic rings. The maximum Gasteiger partial charge on any atom is 0.328 e. The van der Waals surface area contributed by atoms with Crippen molar-refractivity contribution in [3.63, 3.8) is 0 Å². The van der Waals surface area contributed by atoms with Gasteiger partial charge in [0.2, 0.25) is 18.2 Å². The van der Waals surface area contributed by atoms with Crippen LogP contribution in [0.4, 0.5) is 0 Å². The predicted molar refractivity (Wildman–Crippen MR) is 111 cm³/mol. The number of piperidine rings is 1. The number of amides is 3. The molecule has 0 bridgehead atoms. The summed E-state index contributed by atoms with van der Waals surface area (Å²) >= 11 is 0. The second-order valence-corrected chi connectivity index (χ2v) is 8.53. The molecule has 2 saturated heterocycles. The van der Waals surface area contributed by atoms with E-state index in [1.165, 1.54) is 7.11 Å². The van der Waals surface area contributed by atoms with Gasteiger partial charge >= 0.3 is 5.97 Å². The van der Waals surface area contributed by atoms with E-state index in [9.17, 15) is 19.2 Å². The third-order valence-corrected chi connectivity index (χ3v) is 6.33. The lowest BCUT2D eigenvalue weighted by Gasteiger charge is -2.39. The minimum absolute atomic E-state index is 0.0123. The average molecular weight is 425 g/mol. The van der Waals surface area contributed by atoms with E-state index >= 15 is 0 Å². The van der Waals surface area contributed by atoms with Crippen LogP contribution in [0.5, 0.6) is 0 Å². The highest BCUT2D eigenvalue weighted by atomic mass is 16.5. The van der Waals surface area contributed by atoms with Crippen molar-refractivity contribution < 1.29 is 23.9 Å². The van der Waals surface area contributed by atoms with E-state index in [2.05, 4.69) is 10.2 Å². The number of nitrogens with one attached hydrogen (secondary N) is 1. The number of likely N-dealkylation sites (tertiary alicyclic amines) is 2. The first-order chi connectivity index (χ1) is 14.3. The number of carbonyl (C=O) groups excluding carboxylic acids is 4. The van der Waals surface area contributed by atoms with Crippen molar-refractivity contribution in [2.24, 2.45) is 5.92 Å². The number of ether oxygens (including phenoxy) is 1. The van der Waals surface area contributed by atoms with Gasteiger partial charge in [-0.15, -0.1) is 0 Å². The first-order valence-corrected chi connectivity index (χ1v) is 10.9. The number of likely N-dealkylation sites (N-methyl/N-ethyl adjacent to an activating group) is 1. The minimum atomic E-state index is -0.502. The molecule has 0 saturated carbocycles. The van der Waals surface area contributed by atoms with E-state index < -0.39 is 6.04 Å². The third-order valence-electron chi connectivity index (χ3n) is 6.33. The largest absolute Gasteiger partial charge is 0.467 e. The van der Waals surface area contributed by atoms with Crippen molar-refractivity contribution in [3.8, 4) is 0 Å². The number of carbonyl (C=O) groups is 4. The molecule has 2 heterocycles. The second-order valence-electron chi connectivity index (χ2n) is 8.53. The fourth-order valence-electron chi connectivity index (χ4n) is 4.55. The van der Waals surface area contributed by atoms with Crippen molar-refractivity contribution in [1.29, 1.82) is 0 Å². The van der Waals surface area contributed by atoms with E-state index in [0.717, 1.165) is 32.2 Å². The molecule has 1 N–H and O–H groups in total. The van der Waals surface area contributed by atoms with Crippen molar-refractivity contribution in [3.05, 3.63) is 0 Å². The molecule has 2 rings (SSSR count). The lowest BCUT2D eigenvalue weighted by Crippen LogP contribution is -2.56. The zero-order valence-electron chi connectivity index (χ0n) is 18.6. The van der Waals surface area contributed by atoms with Crippen LogP contribution in [0, 0.1) is 5.92 Å². The van der Waals surface area contributed by atoms with Gasteiger partial charge in [-0.1, -0.05) is 13.8 Å². The molecule has 30 heavy (non-hydrogen) atoms. The van der Waals surface area contributed by atoms with E-state index in [1.54, 1.807) is 16.8 Å². The van der Waals surface area contributed by atoms with Crippen LogP contribution in [-0.4, -0.2) is 97.4 Å². The van der Waals surface area contributed by atoms with Gasteiger partial charge in [0.05, 0.1) is 19.7 Å². The van der Waals surface area contributed by atoms with Gasteiger partial charge in [-0.25, -0.2) is 4.79 Å². The molecule has 2 aliphatic rings. The molecule has 1 unspecified atom stereocenters. The van der Waals surface area contributed by atoms with Crippen LogP contribution in [0.15, 0.2) is 0 Å². The molecule has 0 spiro atoms. The Bertz CT molecular complexity index is 627. The van der Waals surface area contributed by atoms with Gasteiger partial charge in [0.25, 0.3) is 0 Å². The lowest BCUT2D eigenvalue weighted by atomic mass is 9.99. The number of rotatable bonds is 9. The summed E-state index contributed by atoms with van der Waals surface area (Å²) in [5.41, 5.74) is 0. The average Bonchev–Trinajstić information content (AvgIpc) is 3.22. The molecule has 2 aliphatic heterocycles. The van der Waals surface area contributed by atoms with Gasteiger partial charge in [0, 0.05) is 26.2 Å². The topological polar surface area (TPSA) is 99.3 Å². The van der Waals surface area contributed by atoms with Crippen LogP contribution in [0.1, 0.15) is 46.0 Å². The van der Waals surface area contributed by atoms with Gasteiger partial charge in [-0.3, -0.25) is 19.3 Å². The molecular weight excluding hydrogens is 388 g/mol. The van der Waals surface area contributed by atoms with Gasteiger partial charge in [-0.05, 0) is 44.6 Å². The minimum Gasteiger partial charge on any atom is -0.467 e. The molecule has 0 aromatic carbocycles. The quantitative estimate of drug-likeness (QED) is 0.420. The standard InChI is InChI=1S/C21H36N4O5/c1-15(2)18(23(3)19(27)12-22-14-26)13-24-10-7-9-16(24)20(28)25-11-6-5-8-17(25)21(29)30-4/h14-18H,5-13H2,1-4H3,(H,22,26)/t16-,17?,18+/m0/s1. The fourth-order valence-corrected chi connectivity index (χ4v) is 4.55. The predicted octanol–water partition coefficient (Wildman–Crippen LogP) is 0.234. The summed E-state index contributed by atoms with van der Waals surface area (Å²) in [4.78, 5) is 54.0. The second kappa shape index (κ2) is 11.3. The summed E-state index contributed by atoms with van der Waals surface area (Å²) in [7, 11) is 3.10. The monoisotopic (exact) mass is 424 g/mol. The van der Waals surface area contributed by atoms with E-state index in [1.807, 2.05) is 13.8 Å². The van der Waals surface area contributed by atoms with Crippen LogP contribution in [0.25, 0.3) is 0 Å². The van der Waals surface area contributed by atoms with Crippen molar-refractivity contribution in [1.82, 2.24) is 20.0 Å². The third kappa shape index (κ3) is 5.71. The van der Waals surface area contributed by atoms with E-state index in [-0.39, 0.29) is 42.3 Å². The highest BCUT2D eigenvalue weighted by Gasteiger charge is 2.41. The molecule has 3 atom stereocenters. The van der Waals surface area contributed by atoms with Gasteiger partial charge in [0.1, 0.15) is 6.04 Å². The Kier molecular flexibility index (Phi) is 9.08. The Labute approximate surface area is 179 Å². The molecule has 0 aromatic heterocycles. The fraction of sp³-hybridized carbons (Fsp3) is 0.810. The van der Waals surface area contributed by atoms with Crippen LogP contribution in [-0.2, 0) is 23.9 Å². The van der Waals surface area contributed by atoms with Gasteiger partial charge in [-0.2, -0.15) is 0 Å². The summed E-state index contributed by atoms with van der Waals surface area (Å²) in [5.74, 6) is -0.337. The van der Waals surface area contributed by atoms with Crippen LogP contribution in [0.3, 0.4) is 0 Å². The zero-order chi connectivity index (χ0) is 22.3. The Morgan fingerprint density at radius 2 is 1.83 bits per heavy atom. The normalized spacial score (nSPS) is 23.2. The van der Waals surface area contributed by atoms with Crippen LogP contribution >= 0.6 is 0 Å². The molecule has 9 nitrogen and oxygen atoms in total. The van der Waals surface area contributed by atoms with Crippen molar-refractivity contribution in [2.75, 3.05) is 40.3 Å². The summed E-state index contributed by atoms with van der Waals surface area (Å²) in [6.07, 6.45) is 4.61. The number of hydrogen-bond acceptors (Lipinski definition) is 6. The Morgan fingerprint density at radius 1 is 1.13 bits per heavy atom. The van der Waals surface area contributed by atoms with Crippen molar-refractivity contribution >= 4 is 24.2 Å².